The number of halogens is 4. The smallest absolute Gasteiger partial charge is 0.349 e. The van der Waals surface area contributed by atoms with Crippen molar-refractivity contribution in [2.75, 3.05) is 0 Å². The molecule has 0 unspecified atom stereocenters. The van der Waals surface area contributed by atoms with Gasteiger partial charge >= 0.3 is 5.97 Å². The van der Waals surface area contributed by atoms with Crippen LogP contribution in [0.1, 0.15) is 72.9 Å². The predicted octanol–water partition coefficient (Wildman–Crippen LogP) is 8.12. The summed E-state index contributed by atoms with van der Waals surface area (Å²) in [4.78, 5) is 12.5. The Labute approximate surface area is 208 Å². The molecular weight excluding hydrogens is 472 g/mol. The van der Waals surface area contributed by atoms with E-state index in [9.17, 15) is 22.4 Å². The van der Waals surface area contributed by atoms with Crippen molar-refractivity contribution >= 4 is 5.97 Å². The average Bonchev–Trinajstić information content (AvgIpc) is 2.84. The molecule has 36 heavy (non-hydrogen) atoms. The van der Waals surface area contributed by atoms with Crippen molar-refractivity contribution in [3.8, 4) is 11.5 Å². The predicted molar refractivity (Wildman–Crippen MR) is 128 cm³/mol. The van der Waals surface area contributed by atoms with Crippen molar-refractivity contribution in [1.82, 2.24) is 0 Å². The van der Waals surface area contributed by atoms with E-state index in [0.717, 1.165) is 62.8 Å². The van der Waals surface area contributed by atoms with E-state index >= 15 is 0 Å². The summed E-state index contributed by atoms with van der Waals surface area (Å²) >= 11 is 0. The largest absolute Gasteiger partial charge is 0.483 e. The molecule has 190 valence electrons. The van der Waals surface area contributed by atoms with Gasteiger partial charge in [-0.15, -0.1) is 0 Å². The Balaban J connectivity index is 1.44. The second-order valence-electron chi connectivity index (χ2n) is 9.25. The molecular formula is C29H28F4O3. The fourth-order valence-corrected chi connectivity index (χ4v) is 4.84. The number of esters is 1. The summed E-state index contributed by atoms with van der Waals surface area (Å²) in [5, 5.41) is 0. The third kappa shape index (κ3) is 6.07. The van der Waals surface area contributed by atoms with Crippen LogP contribution >= 0.6 is 0 Å². The average molecular weight is 501 g/mol. The van der Waals surface area contributed by atoms with Gasteiger partial charge in [-0.05, 0) is 60.8 Å². The normalized spacial score (nSPS) is 17.6. The van der Waals surface area contributed by atoms with Crippen LogP contribution in [0, 0.1) is 29.2 Å². The first-order valence-electron chi connectivity index (χ1n) is 12.2. The monoisotopic (exact) mass is 500 g/mol. The Morgan fingerprint density at radius 3 is 2.06 bits per heavy atom. The van der Waals surface area contributed by atoms with Gasteiger partial charge in [0, 0.05) is 12.1 Å². The number of hydrogen-bond acceptors (Lipinski definition) is 3. The fourth-order valence-electron chi connectivity index (χ4n) is 4.84. The Morgan fingerprint density at radius 1 is 0.861 bits per heavy atom. The highest BCUT2D eigenvalue weighted by atomic mass is 19.1. The van der Waals surface area contributed by atoms with Crippen LogP contribution in [0.2, 0.25) is 0 Å². The highest BCUT2D eigenvalue weighted by Crippen LogP contribution is 2.38. The highest BCUT2D eigenvalue weighted by Gasteiger charge is 2.27. The zero-order valence-corrected chi connectivity index (χ0v) is 20.0. The van der Waals surface area contributed by atoms with Crippen molar-refractivity contribution < 1.29 is 31.8 Å². The first kappa shape index (κ1) is 25.7. The van der Waals surface area contributed by atoms with Crippen LogP contribution in [0.4, 0.5) is 17.6 Å². The van der Waals surface area contributed by atoms with Gasteiger partial charge in [0.15, 0.2) is 17.4 Å². The number of benzene rings is 3. The molecule has 0 radical (unpaired) electrons. The molecule has 0 saturated heterocycles. The number of rotatable bonds is 8. The molecule has 1 aliphatic rings. The Morgan fingerprint density at radius 2 is 1.47 bits per heavy atom. The quantitative estimate of drug-likeness (QED) is 0.178. The molecule has 3 aromatic carbocycles. The van der Waals surface area contributed by atoms with Gasteiger partial charge in [0.25, 0.3) is 0 Å². The third-order valence-electron chi connectivity index (χ3n) is 6.69. The summed E-state index contributed by atoms with van der Waals surface area (Å²) in [5.41, 5.74) is 0.312. The van der Waals surface area contributed by atoms with Gasteiger partial charge < -0.3 is 9.47 Å². The topological polar surface area (TPSA) is 35.5 Å². The summed E-state index contributed by atoms with van der Waals surface area (Å²) in [7, 11) is 0. The molecule has 0 bridgehead atoms. The Hall–Kier alpha value is -3.35. The van der Waals surface area contributed by atoms with Crippen LogP contribution in [0.5, 0.6) is 11.5 Å². The standard InChI is InChI=1S/C29H28F4O3/c1-2-6-18-9-11-20(12-10-18)21-13-23(30)27(24(31)14-21)29(34)36-22-15-25(32)28(26(33)16-22)35-17-19-7-4-3-5-8-19/h3-5,7-8,13-16,18,20H,2,6,9-12,17H2,1H3. The summed E-state index contributed by atoms with van der Waals surface area (Å²) in [6.07, 6.45) is 5.96. The second kappa shape index (κ2) is 11.6. The zero-order chi connectivity index (χ0) is 25.7. The molecule has 1 fully saturated rings. The minimum atomic E-state index is -1.38. The highest BCUT2D eigenvalue weighted by molar-refractivity contribution is 5.91. The van der Waals surface area contributed by atoms with E-state index in [-0.39, 0.29) is 12.5 Å². The number of carbonyl (C=O) groups is 1. The Bertz CT molecular complexity index is 1160. The molecule has 3 aromatic rings. The molecule has 7 heteroatoms. The molecule has 0 amide bonds. The lowest BCUT2D eigenvalue weighted by Crippen LogP contribution is -2.17. The van der Waals surface area contributed by atoms with E-state index in [1.54, 1.807) is 30.3 Å². The van der Waals surface area contributed by atoms with Gasteiger partial charge in [-0.25, -0.2) is 22.4 Å². The maximum atomic E-state index is 14.8. The van der Waals surface area contributed by atoms with Gasteiger partial charge in [-0.2, -0.15) is 0 Å². The van der Waals surface area contributed by atoms with Crippen LogP contribution in [-0.2, 0) is 6.61 Å². The van der Waals surface area contributed by atoms with Crippen LogP contribution in [0.3, 0.4) is 0 Å². The third-order valence-corrected chi connectivity index (χ3v) is 6.69. The SMILES string of the molecule is CCCC1CCC(c2cc(F)c(C(=O)Oc3cc(F)c(OCc4ccccc4)c(F)c3)c(F)c2)CC1. The molecule has 0 aromatic heterocycles. The van der Waals surface area contributed by atoms with E-state index < -0.39 is 46.3 Å². The maximum Gasteiger partial charge on any atom is 0.349 e. The molecule has 0 heterocycles. The lowest BCUT2D eigenvalue weighted by molar-refractivity contribution is 0.0723. The molecule has 1 aliphatic carbocycles. The molecule has 0 aliphatic heterocycles. The minimum Gasteiger partial charge on any atom is -0.483 e. The van der Waals surface area contributed by atoms with E-state index in [4.69, 9.17) is 9.47 Å². The maximum absolute atomic E-state index is 14.8. The van der Waals surface area contributed by atoms with Crippen molar-refractivity contribution in [3.63, 3.8) is 0 Å². The lowest BCUT2D eigenvalue weighted by Gasteiger charge is -2.28. The molecule has 0 N–H and O–H groups in total. The molecule has 0 spiro atoms. The summed E-state index contributed by atoms with van der Waals surface area (Å²) in [6, 6.07) is 12.6. The van der Waals surface area contributed by atoms with E-state index in [0.29, 0.717) is 17.0 Å². The first-order chi connectivity index (χ1) is 17.4. The number of hydrogen-bond donors (Lipinski definition) is 0. The molecule has 3 nitrogen and oxygen atoms in total. The summed E-state index contributed by atoms with van der Waals surface area (Å²) in [5.74, 6) is -6.21. The van der Waals surface area contributed by atoms with Crippen LogP contribution in [-0.4, -0.2) is 5.97 Å². The van der Waals surface area contributed by atoms with Crippen molar-refractivity contribution in [3.05, 3.63) is 94.6 Å². The van der Waals surface area contributed by atoms with Crippen LogP contribution < -0.4 is 9.47 Å². The van der Waals surface area contributed by atoms with Crippen LogP contribution in [0.25, 0.3) is 0 Å². The summed E-state index contributed by atoms with van der Waals surface area (Å²) < 4.78 is 68.6. The number of ether oxygens (including phenoxy) is 2. The summed E-state index contributed by atoms with van der Waals surface area (Å²) in [6.45, 7) is 2.07. The van der Waals surface area contributed by atoms with Crippen LogP contribution in [0.15, 0.2) is 54.6 Å². The van der Waals surface area contributed by atoms with Gasteiger partial charge in [0.05, 0.1) is 0 Å². The molecule has 1 saturated carbocycles. The fraction of sp³-hybridized carbons (Fsp3) is 0.345. The van der Waals surface area contributed by atoms with E-state index in [1.807, 2.05) is 0 Å². The first-order valence-corrected chi connectivity index (χ1v) is 12.2. The lowest BCUT2D eigenvalue weighted by atomic mass is 9.77. The molecule has 4 rings (SSSR count). The number of carbonyl (C=O) groups excluding carboxylic acids is 1. The van der Waals surface area contributed by atoms with E-state index in [1.165, 1.54) is 0 Å². The minimum absolute atomic E-state index is 0.0267. The van der Waals surface area contributed by atoms with Gasteiger partial charge in [0.2, 0.25) is 0 Å². The zero-order valence-electron chi connectivity index (χ0n) is 20.0. The second-order valence-corrected chi connectivity index (χ2v) is 9.25. The van der Waals surface area contributed by atoms with Gasteiger partial charge in [0.1, 0.15) is 29.6 Å². The van der Waals surface area contributed by atoms with Crippen molar-refractivity contribution in [2.45, 2.75) is 58.0 Å². The Kier molecular flexibility index (Phi) is 8.28. The van der Waals surface area contributed by atoms with E-state index in [2.05, 4.69) is 6.92 Å². The van der Waals surface area contributed by atoms with Crippen molar-refractivity contribution in [2.24, 2.45) is 5.92 Å². The molecule has 0 atom stereocenters. The van der Waals surface area contributed by atoms with Crippen molar-refractivity contribution in [1.29, 1.82) is 0 Å². The van der Waals surface area contributed by atoms with Gasteiger partial charge in [-0.1, -0.05) is 50.1 Å². The van der Waals surface area contributed by atoms with Gasteiger partial charge in [-0.3, -0.25) is 0 Å².